The van der Waals surface area contributed by atoms with Crippen LogP contribution in [0.5, 0.6) is 5.88 Å². The van der Waals surface area contributed by atoms with Gasteiger partial charge in [0, 0.05) is 48.0 Å². The van der Waals surface area contributed by atoms with E-state index in [9.17, 15) is 26.4 Å². The van der Waals surface area contributed by atoms with Crippen molar-refractivity contribution in [1.29, 1.82) is 0 Å². The Morgan fingerprint density at radius 1 is 1.17 bits per heavy atom. The van der Waals surface area contributed by atoms with Gasteiger partial charge in [0.05, 0.1) is 17.5 Å². The van der Waals surface area contributed by atoms with E-state index in [2.05, 4.69) is 25.6 Å². The first-order valence-corrected chi connectivity index (χ1v) is 15.6. The molecule has 0 fully saturated rings. The highest BCUT2D eigenvalue weighted by atomic mass is 32.2. The summed E-state index contributed by atoms with van der Waals surface area (Å²) in [7, 11) is 1.55. The molecule has 3 aromatic heterocycles. The van der Waals surface area contributed by atoms with E-state index in [4.69, 9.17) is 14.7 Å². The van der Waals surface area contributed by atoms with Crippen molar-refractivity contribution < 1.29 is 35.3 Å². The van der Waals surface area contributed by atoms with Crippen molar-refractivity contribution in [1.82, 2.24) is 24.4 Å². The fraction of sp³-hybridized carbons (Fsp3) is 0.310. The second-order valence-corrected chi connectivity index (χ2v) is 12.1. The number of carbonyl (C=O) groups excluding carboxylic acids is 1. The third-order valence-corrected chi connectivity index (χ3v) is 6.85. The lowest BCUT2D eigenvalue weighted by atomic mass is 10.1. The number of ether oxygens (including phenoxy) is 1. The normalized spacial score (nSPS) is 12.4. The van der Waals surface area contributed by atoms with Crippen molar-refractivity contribution in [2.45, 2.75) is 12.6 Å². The van der Waals surface area contributed by atoms with Gasteiger partial charge in [0.25, 0.3) is 5.91 Å². The van der Waals surface area contributed by atoms with Crippen LogP contribution in [0, 0.1) is 0 Å². The molecule has 0 spiro atoms. The number of aryl methyl sites for hydroxylation is 1. The molecule has 13 nitrogen and oxygen atoms in total. The van der Waals surface area contributed by atoms with Gasteiger partial charge in [-0.25, -0.2) is 9.97 Å². The van der Waals surface area contributed by atoms with Crippen LogP contribution in [0.1, 0.15) is 12.0 Å². The molecule has 246 valence electrons. The molecule has 1 amide bonds. The Morgan fingerprint density at radius 3 is 2.59 bits per heavy atom. The van der Waals surface area contributed by atoms with Crippen molar-refractivity contribution >= 4 is 50.0 Å². The van der Waals surface area contributed by atoms with Gasteiger partial charge in [-0.1, -0.05) is 18.2 Å². The lowest BCUT2D eigenvalue weighted by molar-refractivity contribution is -0.153. The Balaban J connectivity index is 1.82. The molecule has 1 aromatic carbocycles. The first-order chi connectivity index (χ1) is 21.6. The van der Waals surface area contributed by atoms with Gasteiger partial charge in [0.1, 0.15) is 17.8 Å². The molecule has 0 aliphatic carbocycles. The summed E-state index contributed by atoms with van der Waals surface area (Å²) in [4.78, 5) is 27.4. The summed E-state index contributed by atoms with van der Waals surface area (Å²) in [6.45, 7) is -0.751. The molecule has 3 heterocycles. The number of hydrogen-bond acceptors (Lipinski definition) is 11. The first-order valence-electron chi connectivity index (χ1n) is 13.8. The quantitative estimate of drug-likeness (QED) is 0.0776. The van der Waals surface area contributed by atoms with Gasteiger partial charge in [0.15, 0.2) is 6.61 Å². The molecule has 4 aromatic rings. The van der Waals surface area contributed by atoms with E-state index in [-0.39, 0.29) is 29.6 Å². The third-order valence-electron chi connectivity index (χ3n) is 6.41. The van der Waals surface area contributed by atoms with Crippen LogP contribution < -0.4 is 21.1 Å². The number of amides is 1. The molecule has 0 saturated heterocycles. The van der Waals surface area contributed by atoms with Gasteiger partial charge in [0.2, 0.25) is 11.8 Å². The maximum atomic E-state index is 13.3. The minimum Gasteiger partial charge on any atom is -0.466 e. The maximum Gasteiger partial charge on any atom is 0.422 e. The van der Waals surface area contributed by atoms with Gasteiger partial charge in [-0.3, -0.25) is 4.79 Å². The number of alkyl halides is 3. The van der Waals surface area contributed by atoms with E-state index in [0.717, 1.165) is 22.7 Å². The number of rotatable bonds is 14. The Kier molecular flexibility index (Phi) is 10.4. The van der Waals surface area contributed by atoms with E-state index in [1.54, 1.807) is 6.07 Å². The van der Waals surface area contributed by atoms with Crippen LogP contribution in [0.15, 0.2) is 55.1 Å². The number of hydrogen-bond donors (Lipinski definition) is 3. The monoisotopic (exact) mass is 662 g/mol. The summed E-state index contributed by atoms with van der Waals surface area (Å²) in [5.74, 6) is -1.72. The van der Waals surface area contributed by atoms with E-state index < -0.39 is 40.3 Å². The summed E-state index contributed by atoms with van der Waals surface area (Å²) in [5.41, 5.74) is 7.16. The van der Waals surface area contributed by atoms with Crippen molar-refractivity contribution in [2.75, 3.05) is 50.7 Å². The topological polar surface area (TPSA) is 167 Å². The number of primary amides is 1. The molecule has 4 N–H and O–H groups in total. The number of benzene rings is 1. The smallest absolute Gasteiger partial charge is 0.422 e. The zero-order valence-electron chi connectivity index (χ0n) is 25.4. The van der Waals surface area contributed by atoms with Gasteiger partial charge in [-0.15, -0.1) is 0 Å². The van der Waals surface area contributed by atoms with E-state index in [1.807, 2.05) is 61.1 Å². The van der Waals surface area contributed by atoms with Crippen molar-refractivity contribution in [3.05, 3.63) is 60.6 Å². The zero-order valence-corrected chi connectivity index (χ0v) is 26.2. The lowest BCUT2D eigenvalue weighted by Gasteiger charge is -2.19. The van der Waals surface area contributed by atoms with Crippen LogP contribution in [0.4, 0.5) is 30.6 Å². The standard InChI is InChI=1S/C29H33F3N8O5S/c1-39(2)13-7-11-34-26-19(21(25(33)41)16-45-46(4,42)43)14-23(27(38-26)44-17-29(30,31)32)37-28-35-12-10-22(36-28)20-15-40(3)24-9-6-5-8-18(20)24/h5-6,8-10,12,14-16H,7,11,13,17H2,1-4H3,(H2,33,41)(H,34,38)(H,35,36,37)/b21-16-. The molecular formula is C29H33F3N8O5S. The average Bonchev–Trinajstić information content (AvgIpc) is 3.30. The first kappa shape index (κ1) is 34.0. The molecule has 0 saturated carbocycles. The second kappa shape index (κ2) is 14.0. The van der Waals surface area contributed by atoms with Crippen LogP contribution in [-0.4, -0.2) is 85.0 Å². The highest BCUT2D eigenvalue weighted by Crippen LogP contribution is 2.35. The summed E-state index contributed by atoms with van der Waals surface area (Å²) in [5, 5.41) is 6.72. The molecule has 0 radical (unpaired) electrons. The van der Waals surface area contributed by atoms with Gasteiger partial charge in [-0.05, 0) is 45.3 Å². The molecule has 0 aliphatic heterocycles. The minimum absolute atomic E-state index is 0.0290. The van der Waals surface area contributed by atoms with E-state index >= 15 is 0 Å². The van der Waals surface area contributed by atoms with Crippen LogP contribution >= 0.6 is 0 Å². The van der Waals surface area contributed by atoms with Gasteiger partial charge in [-0.2, -0.15) is 26.6 Å². The largest absolute Gasteiger partial charge is 0.466 e. The van der Waals surface area contributed by atoms with E-state index in [1.165, 1.54) is 12.3 Å². The molecule has 46 heavy (non-hydrogen) atoms. The SMILES string of the molecule is CN(C)CCCNc1nc(OCC(F)(F)F)c(Nc2nccc(-c3cn(C)c4ccccc34)n2)cc1/C(=C/OS(C)(=O)=O)C(N)=O. The maximum absolute atomic E-state index is 13.3. The van der Waals surface area contributed by atoms with Gasteiger partial charge >= 0.3 is 16.3 Å². The summed E-state index contributed by atoms with van der Waals surface area (Å²) in [6.07, 6.45) is 0.628. The number of fused-ring (bicyclic) bond motifs is 1. The Hall–Kier alpha value is -4.90. The van der Waals surface area contributed by atoms with Crippen LogP contribution in [0.25, 0.3) is 27.7 Å². The number of nitrogens with zero attached hydrogens (tertiary/aromatic N) is 5. The number of para-hydroxylation sites is 1. The number of halogens is 3. The second-order valence-electron chi connectivity index (χ2n) is 10.5. The molecule has 0 aliphatic rings. The predicted molar refractivity (Wildman–Crippen MR) is 168 cm³/mol. The van der Waals surface area contributed by atoms with Gasteiger partial charge < -0.3 is 34.8 Å². The van der Waals surface area contributed by atoms with Crippen LogP contribution in [-0.2, 0) is 26.1 Å². The number of nitrogens with two attached hydrogens (primary N) is 1. The molecule has 0 unspecified atom stereocenters. The summed E-state index contributed by atoms with van der Waals surface area (Å²) >= 11 is 0. The highest BCUT2D eigenvalue weighted by molar-refractivity contribution is 7.86. The average molecular weight is 663 g/mol. The Bertz CT molecular complexity index is 1860. The number of carbonyl (C=O) groups is 1. The molecule has 4 rings (SSSR count). The number of anilines is 3. The zero-order chi connectivity index (χ0) is 33.6. The fourth-order valence-electron chi connectivity index (χ4n) is 4.41. The lowest BCUT2D eigenvalue weighted by Crippen LogP contribution is -2.22. The summed E-state index contributed by atoms with van der Waals surface area (Å²) < 4.78 is 74.9. The number of nitrogens with one attached hydrogen (secondary N) is 2. The molecular weight excluding hydrogens is 629 g/mol. The van der Waals surface area contributed by atoms with Crippen molar-refractivity contribution in [3.63, 3.8) is 0 Å². The molecule has 0 atom stereocenters. The Morgan fingerprint density at radius 2 is 1.91 bits per heavy atom. The van der Waals surface area contributed by atoms with Crippen LogP contribution in [0.3, 0.4) is 0 Å². The fourth-order valence-corrected chi connectivity index (χ4v) is 4.68. The van der Waals surface area contributed by atoms with E-state index in [0.29, 0.717) is 24.9 Å². The van der Waals surface area contributed by atoms with Crippen LogP contribution in [0.2, 0.25) is 0 Å². The third kappa shape index (κ3) is 9.07. The number of aromatic nitrogens is 4. The number of pyridine rings is 1. The highest BCUT2D eigenvalue weighted by Gasteiger charge is 2.30. The minimum atomic E-state index is -4.71. The summed E-state index contributed by atoms with van der Waals surface area (Å²) in [6, 6.07) is 10.6. The Labute approximate surface area is 263 Å². The van der Waals surface area contributed by atoms with Crippen molar-refractivity contribution in [3.8, 4) is 17.1 Å². The van der Waals surface area contributed by atoms with Crippen molar-refractivity contribution in [2.24, 2.45) is 12.8 Å². The molecule has 17 heteroatoms. The molecule has 0 bridgehead atoms. The predicted octanol–water partition coefficient (Wildman–Crippen LogP) is 3.88.